The summed E-state index contributed by atoms with van der Waals surface area (Å²) in [6.45, 7) is 3.80. The van der Waals surface area contributed by atoms with Crippen LogP contribution < -0.4 is 20.5 Å². The average Bonchev–Trinajstić information content (AvgIpc) is 3.01. The van der Waals surface area contributed by atoms with Gasteiger partial charge in [0.15, 0.2) is 5.13 Å². The van der Waals surface area contributed by atoms with E-state index in [-0.39, 0.29) is 24.2 Å². The van der Waals surface area contributed by atoms with Gasteiger partial charge in [0.2, 0.25) is 5.91 Å². The summed E-state index contributed by atoms with van der Waals surface area (Å²) in [5, 5.41) is 5.11. The minimum Gasteiger partial charge on any atom is -0.497 e. The Balaban J connectivity index is 0.00000288. The topological polar surface area (TPSA) is 86.5 Å². The third-order valence-corrected chi connectivity index (χ3v) is 4.20. The van der Waals surface area contributed by atoms with Crippen molar-refractivity contribution in [2.45, 2.75) is 19.9 Å². The normalized spacial score (nSPS) is 11.6. The lowest BCUT2D eigenvalue weighted by Crippen LogP contribution is -2.39. The second-order valence-corrected chi connectivity index (χ2v) is 6.22. The molecule has 1 aromatic heterocycles. The van der Waals surface area contributed by atoms with E-state index in [9.17, 15) is 4.79 Å². The summed E-state index contributed by atoms with van der Waals surface area (Å²) < 4.78 is 10.6. The fourth-order valence-corrected chi connectivity index (χ4v) is 2.67. The Bertz CT molecular complexity index is 691. The van der Waals surface area contributed by atoms with Crippen LogP contribution in [0.25, 0.3) is 11.3 Å². The van der Waals surface area contributed by atoms with Crippen molar-refractivity contribution in [3.05, 3.63) is 23.6 Å². The van der Waals surface area contributed by atoms with Crippen LogP contribution in [0.4, 0.5) is 5.13 Å². The molecule has 1 atom stereocenters. The summed E-state index contributed by atoms with van der Waals surface area (Å²) in [4.78, 5) is 16.5. The van der Waals surface area contributed by atoms with Crippen molar-refractivity contribution in [3.8, 4) is 22.8 Å². The third-order valence-electron chi connectivity index (χ3n) is 3.44. The highest BCUT2D eigenvalue weighted by Gasteiger charge is 2.19. The molecule has 6 nitrogen and oxygen atoms in total. The molecule has 0 fully saturated rings. The largest absolute Gasteiger partial charge is 0.497 e. The summed E-state index contributed by atoms with van der Waals surface area (Å²) in [5.74, 6) is 1.22. The zero-order chi connectivity index (χ0) is 17.0. The number of carbonyl (C=O) groups excluding carboxylic acids is 1. The van der Waals surface area contributed by atoms with Crippen LogP contribution in [0.5, 0.6) is 11.5 Å². The molecule has 0 aliphatic heterocycles. The molecule has 0 aliphatic carbocycles. The van der Waals surface area contributed by atoms with Crippen LogP contribution in [-0.4, -0.2) is 31.2 Å². The van der Waals surface area contributed by atoms with E-state index < -0.39 is 6.04 Å². The first-order valence-electron chi connectivity index (χ1n) is 7.20. The maximum Gasteiger partial charge on any atom is 0.243 e. The van der Waals surface area contributed by atoms with Crippen molar-refractivity contribution in [2.24, 2.45) is 11.7 Å². The van der Waals surface area contributed by atoms with Crippen LogP contribution in [0.15, 0.2) is 23.6 Å². The number of ether oxygens (including phenoxy) is 2. The van der Waals surface area contributed by atoms with E-state index in [1.807, 2.05) is 37.4 Å². The molecule has 8 heteroatoms. The number of rotatable bonds is 6. The van der Waals surface area contributed by atoms with Crippen molar-refractivity contribution in [2.75, 3.05) is 19.5 Å². The van der Waals surface area contributed by atoms with E-state index in [2.05, 4.69) is 10.3 Å². The highest BCUT2D eigenvalue weighted by atomic mass is 35.5. The van der Waals surface area contributed by atoms with Crippen LogP contribution >= 0.6 is 23.7 Å². The lowest BCUT2D eigenvalue weighted by molar-refractivity contribution is -0.118. The number of methoxy groups -OCH3 is 2. The number of hydrogen-bond acceptors (Lipinski definition) is 6. The van der Waals surface area contributed by atoms with Crippen LogP contribution in [-0.2, 0) is 4.79 Å². The number of nitrogens with one attached hydrogen (secondary N) is 1. The van der Waals surface area contributed by atoms with Gasteiger partial charge in [0.25, 0.3) is 0 Å². The Kier molecular flexibility index (Phi) is 7.47. The van der Waals surface area contributed by atoms with Crippen molar-refractivity contribution in [3.63, 3.8) is 0 Å². The van der Waals surface area contributed by atoms with Crippen LogP contribution in [0, 0.1) is 5.92 Å². The van der Waals surface area contributed by atoms with Crippen molar-refractivity contribution in [1.29, 1.82) is 0 Å². The van der Waals surface area contributed by atoms with Gasteiger partial charge >= 0.3 is 0 Å². The van der Waals surface area contributed by atoms with Gasteiger partial charge < -0.3 is 20.5 Å². The van der Waals surface area contributed by atoms with Crippen molar-refractivity contribution >= 4 is 34.8 Å². The number of amides is 1. The van der Waals surface area contributed by atoms with Gasteiger partial charge in [-0.1, -0.05) is 13.8 Å². The Morgan fingerprint density at radius 2 is 2.00 bits per heavy atom. The fourth-order valence-electron chi connectivity index (χ4n) is 1.96. The highest BCUT2D eigenvalue weighted by molar-refractivity contribution is 7.14. The van der Waals surface area contributed by atoms with E-state index in [1.54, 1.807) is 14.2 Å². The van der Waals surface area contributed by atoms with E-state index in [0.29, 0.717) is 22.3 Å². The first-order valence-corrected chi connectivity index (χ1v) is 8.08. The Hall–Kier alpha value is -1.83. The van der Waals surface area contributed by atoms with Crippen molar-refractivity contribution in [1.82, 2.24) is 4.98 Å². The first kappa shape index (κ1) is 20.2. The van der Waals surface area contributed by atoms with Gasteiger partial charge in [0, 0.05) is 10.9 Å². The second kappa shape index (κ2) is 8.86. The zero-order valence-corrected chi connectivity index (χ0v) is 15.7. The molecule has 0 bridgehead atoms. The molecule has 0 spiro atoms. The second-order valence-electron chi connectivity index (χ2n) is 5.36. The molecular weight excluding hydrogens is 350 g/mol. The molecule has 1 aromatic carbocycles. The highest BCUT2D eigenvalue weighted by Crippen LogP contribution is 2.35. The smallest absolute Gasteiger partial charge is 0.243 e. The van der Waals surface area contributed by atoms with Crippen molar-refractivity contribution < 1.29 is 14.3 Å². The van der Waals surface area contributed by atoms with Crippen LogP contribution in [0.3, 0.4) is 0 Å². The number of carbonyl (C=O) groups is 1. The molecule has 0 saturated carbocycles. The van der Waals surface area contributed by atoms with Gasteiger partial charge in [-0.2, -0.15) is 0 Å². The number of anilines is 1. The molecule has 0 unspecified atom stereocenters. The van der Waals surface area contributed by atoms with Gasteiger partial charge in [0.05, 0.1) is 26.0 Å². The lowest BCUT2D eigenvalue weighted by atomic mass is 10.1. The van der Waals surface area contributed by atoms with E-state index in [4.69, 9.17) is 15.2 Å². The van der Waals surface area contributed by atoms with Gasteiger partial charge in [0.1, 0.15) is 11.5 Å². The summed E-state index contributed by atoms with van der Waals surface area (Å²) in [7, 11) is 3.20. The summed E-state index contributed by atoms with van der Waals surface area (Å²) >= 11 is 1.34. The number of nitrogens with zero attached hydrogens (tertiary/aromatic N) is 1. The number of hydrogen-bond donors (Lipinski definition) is 2. The molecule has 24 heavy (non-hydrogen) atoms. The summed E-state index contributed by atoms with van der Waals surface area (Å²) in [6.07, 6.45) is 0. The molecule has 2 rings (SSSR count). The minimum atomic E-state index is -0.561. The van der Waals surface area contributed by atoms with Gasteiger partial charge in [-0.15, -0.1) is 23.7 Å². The fraction of sp³-hybridized carbons (Fsp3) is 0.375. The zero-order valence-electron chi connectivity index (χ0n) is 14.0. The quantitative estimate of drug-likeness (QED) is 0.814. The number of nitrogens with two attached hydrogens (primary N) is 1. The third kappa shape index (κ3) is 4.59. The number of aromatic nitrogens is 1. The molecule has 0 saturated heterocycles. The van der Waals surface area contributed by atoms with E-state index in [1.165, 1.54) is 11.3 Å². The Morgan fingerprint density at radius 3 is 2.58 bits per heavy atom. The Labute approximate surface area is 151 Å². The van der Waals surface area contributed by atoms with Gasteiger partial charge in [-0.25, -0.2) is 4.98 Å². The molecule has 2 aromatic rings. The number of halogens is 1. The molecule has 1 heterocycles. The SMILES string of the molecule is COc1ccc(OC)c(-c2csc(NC(=O)[C@@H](N)C(C)C)n2)c1.Cl. The standard InChI is InChI=1S/C16H21N3O3S.ClH/c1-9(2)14(17)15(20)19-16-18-12(8-23-16)11-7-10(21-3)5-6-13(11)22-4;/h5-9,14H,17H2,1-4H3,(H,18,19,20);1H/t14-;/m0./s1. The lowest BCUT2D eigenvalue weighted by Gasteiger charge is -2.13. The number of thiazole rings is 1. The van der Waals surface area contributed by atoms with E-state index >= 15 is 0 Å². The molecule has 0 aliphatic rings. The maximum absolute atomic E-state index is 12.0. The predicted octanol–water partition coefficient (Wildman–Crippen LogP) is 3.17. The molecular formula is C16H22ClN3O3S. The van der Waals surface area contributed by atoms with Crippen LogP contribution in [0.2, 0.25) is 0 Å². The maximum atomic E-state index is 12.0. The number of benzene rings is 1. The molecule has 1 amide bonds. The van der Waals surface area contributed by atoms with Crippen LogP contribution in [0.1, 0.15) is 13.8 Å². The summed E-state index contributed by atoms with van der Waals surface area (Å²) in [6, 6.07) is 4.92. The molecule has 3 N–H and O–H groups in total. The Morgan fingerprint density at radius 1 is 1.29 bits per heavy atom. The predicted molar refractivity (Wildman–Crippen MR) is 99.3 cm³/mol. The first-order chi connectivity index (χ1) is 11.0. The monoisotopic (exact) mass is 371 g/mol. The van der Waals surface area contributed by atoms with Gasteiger partial charge in [-0.05, 0) is 24.1 Å². The van der Waals surface area contributed by atoms with E-state index in [0.717, 1.165) is 5.56 Å². The summed E-state index contributed by atoms with van der Waals surface area (Å²) in [5.41, 5.74) is 7.35. The van der Waals surface area contributed by atoms with Gasteiger partial charge in [-0.3, -0.25) is 4.79 Å². The molecule has 0 radical (unpaired) electrons. The average molecular weight is 372 g/mol. The molecule has 132 valence electrons. The minimum absolute atomic E-state index is 0.